The largest absolute Gasteiger partial charge is 0.495 e. The molecule has 0 spiro atoms. The van der Waals surface area contributed by atoms with Crippen LogP contribution >= 0.6 is 15.9 Å². The predicted molar refractivity (Wildman–Crippen MR) is 153 cm³/mol. The number of imide groups is 1. The molecule has 12 nitrogen and oxygen atoms in total. The number of carbonyl (C=O) groups is 3. The number of hydrogen-bond donors (Lipinski definition) is 2. The monoisotopic (exact) mass is 624 g/mol. The van der Waals surface area contributed by atoms with Crippen molar-refractivity contribution in [1.29, 1.82) is 0 Å². The van der Waals surface area contributed by atoms with Crippen LogP contribution in [0.1, 0.15) is 18.1 Å². The normalized spacial score (nSPS) is 13.6. The predicted octanol–water partition coefficient (Wildman–Crippen LogP) is 4.88. The van der Waals surface area contributed by atoms with Gasteiger partial charge in [0.15, 0.2) is 11.5 Å². The van der Waals surface area contributed by atoms with E-state index >= 15 is 0 Å². The third kappa shape index (κ3) is 7.00. The van der Waals surface area contributed by atoms with Crippen LogP contribution in [0.2, 0.25) is 0 Å². The summed E-state index contributed by atoms with van der Waals surface area (Å²) in [5.41, 5.74) is 1.59. The van der Waals surface area contributed by atoms with Crippen LogP contribution in [0.5, 0.6) is 17.2 Å². The molecule has 4 amide bonds. The highest BCUT2D eigenvalue weighted by atomic mass is 79.9. The molecule has 13 heteroatoms. The average Bonchev–Trinajstić information content (AvgIpc) is 3.21. The van der Waals surface area contributed by atoms with E-state index in [1.807, 2.05) is 0 Å². The molecule has 212 valence electrons. The second kappa shape index (κ2) is 13.0. The third-order valence-electron chi connectivity index (χ3n) is 5.85. The highest BCUT2D eigenvalue weighted by Gasteiger charge is 2.35. The quantitative estimate of drug-likeness (QED) is 0.133. The highest BCUT2D eigenvalue weighted by Crippen LogP contribution is 2.36. The lowest BCUT2D eigenvalue weighted by molar-refractivity contribution is -0.384. The van der Waals surface area contributed by atoms with Crippen LogP contribution in [0.3, 0.4) is 0 Å². The number of rotatable bonds is 11. The van der Waals surface area contributed by atoms with Crippen molar-refractivity contribution in [2.75, 3.05) is 25.6 Å². The number of halogens is 1. The second-order valence-electron chi connectivity index (χ2n) is 8.59. The first-order valence-corrected chi connectivity index (χ1v) is 13.1. The van der Waals surface area contributed by atoms with E-state index in [4.69, 9.17) is 14.2 Å². The lowest BCUT2D eigenvalue weighted by Crippen LogP contribution is -2.38. The van der Waals surface area contributed by atoms with E-state index in [1.54, 1.807) is 55.5 Å². The molecule has 2 N–H and O–H groups in total. The summed E-state index contributed by atoms with van der Waals surface area (Å²) in [7, 11) is 1.46. The molecule has 1 aliphatic heterocycles. The van der Waals surface area contributed by atoms with Crippen LogP contribution in [0.15, 0.2) is 70.8 Å². The van der Waals surface area contributed by atoms with Crippen molar-refractivity contribution < 1.29 is 33.5 Å². The van der Waals surface area contributed by atoms with Gasteiger partial charge < -0.3 is 24.8 Å². The minimum Gasteiger partial charge on any atom is -0.495 e. The summed E-state index contributed by atoms with van der Waals surface area (Å²) in [6.45, 7) is 1.76. The Kier molecular flexibility index (Phi) is 9.19. The fourth-order valence-electron chi connectivity index (χ4n) is 3.87. The Bertz CT molecular complexity index is 1520. The molecular weight excluding hydrogens is 600 g/mol. The van der Waals surface area contributed by atoms with Gasteiger partial charge in [0.2, 0.25) is 5.91 Å². The molecule has 0 atom stereocenters. The number of ether oxygens (including phenoxy) is 3. The van der Waals surface area contributed by atoms with Crippen LogP contribution < -0.4 is 24.8 Å². The zero-order valence-electron chi connectivity index (χ0n) is 22.0. The van der Waals surface area contributed by atoms with Gasteiger partial charge in [0.1, 0.15) is 24.6 Å². The van der Waals surface area contributed by atoms with Crippen molar-refractivity contribution in [2.45, 2.75) is 13.5 Å². The number of hydrogen-bond acceptors (Lipinski definition) is 8. The molecule has 4 rings (SSSR count). The van der Waals surface area contributed by atoms with E-state index < -0.39 is 29.3 Å². The van der Waals surface area contributed by atoms with Crippen LogP contribution in [0.4, 0.5) is 16.2 Å². The van der Waals surface area contributed by atoms with Crippen molar-refractivity contribution >= 4 is 51.2 Å². The number of non-ortho nitro benzene ring substituents is 1. The van der Waals surface area contributed by atoms with Gasteiger partial charge in [0.25, 0.3) is 11.6 Å². The van der Waals surface area contributed by atoms with Crippen LogP contribution in [0.25, 0.3) is 6.08 Å². The first-order chi connectivity index (χ1) is 19.7. The highest BCUT2D eigenvalue weighted by molar-refractivity contribution is 9.10. The molecule has 3 aromatic carbocycles. The molecule has 0 aromatic heterocycles. The van der Waals surface area contributed by atoms with Crippen LogP contribution in [0, 0.1) is 10.1 Å². The number of amides is 4. The van der Waals surface area contributed by atoms with Gasteiger partial charge in [-0.2, -0.15) is 0 Å². The van der Waals surface area contributed by atoms with Gasteiger partial charge in [-0.25, -0.2) is 9.69 Å². The molecule has 0 bridgehead atoms. The summed E-state index contributed by atoms with van der Waals surface area (Å²) in [6.07, 6.45) is 1.46. The van der Waals surface area contributed by atoms with Crippen LogP contribution in [-0.2, 0) is 16.2 Å². The number of urea groups is 1. The fourth-order valence-corrected chi connectivity index (χ4v) is 4.31. The van der Waals surface area contributed by atoms with Gasteiger partial charge in [-0.1, -0.05) is 28.1 Å². The van der Waals surface area contributed by atoms with E-state index in [9.17, 15) is 24.5 Å². The molecule has 0 saturated carbocycles. The van der Waals surface area contributed by atoms with E-state index in [0.717, 1.165) is 10.5 Å². The fraction of sp³-hybridized carbons (Fsp3) is 0.179. The van der Waals surface area contributed by atoms with Crippen molar-refractivity contribution in [3.63, 3.8) is 0 Å². The van der Waals surface area contributed by atoms with Gasteiger partial charge >= 0.3 is 6.03 Å². The first-order valence-electron chi connectivity index (χ1n) is 12.3. The van der Waals surface area contributed by atoms with Gasteiger partial charge in [-0.15, -0.1) is 0 Å². The Morgan fingerprint density at radius 1 is 1.07 bits per heavy atom. The maximum absolute atomic E-state index is 13.0. The molecule has 0 unspecified atom stereocenters. The lowest BCUT2D eigenvalue weighted by Gasteiger charge is -2.14. The van der Waals surface area contributed by atoms with E-state index in [1.165, 1.54) is 25.3 Å². The number of anilines is 1. The maximum atomic E-state index is 13.0. The maximum Gasteiger partial charge on any atom is 0.329 e. The molecule has 1 heterocycles. The summed E-state index contributed by atoms with van der Waals surface area (Å²) < 4.78 is 17.4. The van der Waals surface area contributed by atoms with Crippen molar-refractivity contribution in [3.8, 4) is 17.2 Å². The molecule has 1 fully saturated rings. The Labute approximate surface area is 243 Å². The summed E-state index contributed by atoms with van der Waals surface area (Å²) in [4.78, 5) is 49.3. The summed E-state index contributed by atoms with van der Waals surface area (Å²) in [5.74, 6) is -0.0270. The van der Waals surface area contributed by atoms with Crippen molar-refractivity contribution in [3.05, 3.63) is 92.1 Å². The number of methoxy groups -OCH3 is 1. The molecular formula is C28H25BrN4O8. The number of nitrogens with zero attached hydrogens (tertiary/aromatic N) is 2. The van der Waals surface area contributed by atoms with Gasteiger partial charge in [0.05, 0.1) is 24.3 Å². The van der Waals surface area contributed by atoms with Crippen molar-refractivity contribution in [2.24, 2.45) is 0 Å². The number of benzene rings is 3. The first kappa shape index (κ1) is 29.1. The van der Waals surface area contributed by atoms with Crippen LogP contribution in [-0.4, -0.2) is 47.9 Å². The third-order valence-corrected chi connectivity index (χ3v) is 6.54. The SMILES string of the molecule is CCOc1cc(/C=C2/NC(=O)N(CC(=O)Nc3ccccc3OC)C2=O)c(Br)cc1OCc1ccc([N+](=O)[O-])cc1. The average molecular weight is 625 g/mol. The molecule has 0 aliphatic carbocycles. The Balaban J connectivity index is 1.48. The minimum atomic E-state index is -0.736. The topological polar surface area (TPSA) is 149 Å². The van der Waals surface area contributed by atoms with Gasteiger partial charge in [0, 0.05) is 16.6 Å². The number of nitrogens with one attached hydrogen (secondary N) is 2. The molecule has 3 aromatic rings. The standard InChI is InChI=1S/C28H25BrN4O8/c1-3-40-24-13-18(20(29)14-25(24)41-16-17-8-10-19(11-9-17)33(37)38)12-22-27(35)32(28(36)31-22)15-26(34)30-21-6-4-5-7-23(21)39-2/h4-14H,3,15-16H2,1-2H3,(H,30,34)(H,31,36)/b22-12+. The van der Waals surface area contributed by atoms with E-state index in [-0.39, 0.29) is 18.0 Å². The van der Waals surface area contributed by atoms with Crippen molar-refractivity contribution in [1.82, 2.24) is 10.2 Å². The number of nitro groups is 1. The number of carbonyl (C=O) groups excluding carboxylic acids is 3. The minimum absolute atomic E-state index is 0.0203. The number of para-hydroxylation sites is 2. The molecule has 0 radical (unpaired) electrons. The lowest BCUT2D eigenvalue weighted by atomic mass is 10.1. The number of nitro benzene ring substituents is 1. The molecule has 1 aliphatic rings. The summed E-state index contributed by atoms with van der Waals surface area (Å²) in [5, 5.41) is 16.0. The molecule has 41 heavy (non-hydrogen) atoms. The zero-order valence-corrected chi connectivity index (χ0v) is 23.6. The van der Waals surface area contributed by atoms with E-state index in [2.05, 4.69) is 26.6 Å². The molecule has 1 saturated heterocycles. The zero-order chi connectivity index (χ0) is 29.5. The summed E-state index contributed by atoms with van der Waals surface area (Å²) in [6, 6.07) is 15.3. The van der Waals surface area contributed by atoms with Gasteiger partial charge in [-0.05, 0) is 60.5 Å². The Hall–Kier alpha value is -4.91. The Morgan fingerprint density at radius 3 is 2.46 bits per heavy atom. The van der Waals surface area contributed by atoms with Gasteiger partial charge in [-0.3, -0.25) is 19.7 Å². The second-order valence-corrected chi connectivity index (χ2v) is 9.45. The van der Waals surface area contributed by atoms with E-state index in [0.29, 0.717) is 39.6 Å². The summed E-state index contributed by atoms with van der Waals surface area (Å²) >= 11 is 3.46. The Morgan fingerprint density at radius 2 is 1.78 bits per heavy atom. The smallest absolute Gasteiger partial charge is 0.329 e.